The van der Waals surface area contributed by atoms with Gasteiger partial charge in [0.2, 0.25) is 11.8 Å². The van der Waals surface area contributed by atoms with Crippen molar-refractivity contribution in [3.8, 4) is 0 Å². The summed E-state index contributed by atoms with van der Waals surface area (Å²) in [5, 5.41) is 2.90. The number of rotatable bonds is 4. The molecule has 0 atom stereocenters. The van der Waals surface area contributed by atoms with Crippen molar-refractivity contribution in [2.24, 2.45) is 5.92 Å². The van der Waals surface area contributed by atoms with E-state index in [1.54, 1.807) is 7.05 Å². The smallest absolute Gasteiger partial charge is 0.236 e. The van der Waals surface area contributed by atoms with Crippen LogP contribution in [0.2, 0.25) is 0 Å². The molecule has 20 heavy (non-hydrogen) atoms. The molecule has 2 fully saturated rings. The molecule has 0 bridgehead atoms. The Morgan fingerprint density at radius 3 is 2.55 bits per heavy atom. The third kappa shape index (κ3) is 4.63. The average molecular weight is 304 g/mol. The predicted octanol–water partition coefficient (Wildman–Crippen LogP) is 0.879. The standard InChI is InChI=1S/C14H25N3O2.ClH/c1-15-10-14(19)16-8-5-12(6-9-16)11-17-7-3-2-4-13(17)18;/h12,15H,2-11H2,1H3;1H. The fourth-order valence-electron chi connectivity index (χ4n) is 2.99. The summed E-state index contributed by atoms with van der Waals surface area (Å²) in [6.45, 7) is 3.93. The maximum absolute atomic E-state index is 11.8. The van der Waals surface area contributed by atoms with Crippen molar-refractivity contribution in [2.75, 3.05) is 39.8 Å². The van der Waals surface area contributed by atoms with Crippen LogP contribution in [0.4, 0.5) is 0 Å². The number of piperidine rings is 2. The van der Waals surface area contributed by atoms with Crippen LogP contribution < -0.4 is 5.32 Å². The van der Waals surface area contributed by atoms with Gasteiger partial charge in [-0.1, -0.05) is 0 Å². The second-order valence-corrected chi connectivity index (χ2v) is 5.65. The summed E-state index contributed by atoms with van der Waals surface area (Å²) in [5.41, 5.74) is 0. The number of amides is 2. The number of carbonyl (C=O) groups is 2. The van der Waals surface area contributed by atoms with Gasteiger partial charge in [-0.05, 0) is 38.6 Å². The van der Waals surface area contributed by atoms with E-state index in [0.29, 0.717) is 18.4 Å². The molecule has 0 aromatic rings. The van der Waals surface area contributed by atoms with Gasteiger partial charge < -0.3 is 15.1 Å². The van der Waals surface area contributed by atoms with E-state index in [1.165, 1.54) is 0 Å². The number of carbonyl (C=O) groups excluding carboxylic acids is 2. The maximum atomic E-state index is 11.8. The molecule has 5 nitrogen and oxygen atoms in total. The first-order valence-corrected chi connectivity index (χ1v) is 7.41. The Balaban J connectivity index is 0.00000200. The minimum Gasteiger partial charge on any atom is -0.342 e. The van der Waals surface area contributed by atoms with Gasteiger partial charge in [-0.3, -0.25) is 9.59 Å². The lowest BCUT2D eigenvalue weighted by atomic mass is 9.95. The third-order valence-electron chi connectivity index (χ3n) is 4.20. The molecular formula is C14H26ClN3O2. The molecular weight excluding hydrogens is 278 g/mol. The normalized spacial score (nSPS) is 20.8. The van der Waals surface area contributed by atoms with Crippen molar-refractivity contribution in [3.05, 3.63) is 0 Å². The van der Waals surface area contributed by atoms with Crippen LogP contribution >= 0.6 is 12.4 Å². The van der Waals surface area contributed by atoms with Gasteiger partial charge in [0.25, 0.3) is 0 Å². The molecule has 2 heterocycles. The fourth-order valence-corrected chi connectivity index (χ4v) is 2.99. The van der Waals surface area contributed by atoms with Gasteiger partial charge in [0.15, 0.2) is 0 Å². The number of likely N-dealkylation sites (N-methyl/N-ethyl adjacent to an activating group) is 1. The van der Waals surface area contributed by atoms with Gasteiger partial charge in [0.05, 0.1) is 6.54 Å². The number of nitrogens with zero attached hydrogens (tertiary/aromatic N) is 2. The lowest BCUT2D eigenvalue weighted by Gasteiger charge is -2.36. The topological polar surface area (TPSA) is 52.7 Å². The Bertz CT molecular complexity index is 330. The number of hydrogen-bond acceptors (Lipinski definition) is 3. The molecule has 2 amide bonds. The van der Waals surface area contributed by atoms with Gasteiger partial charge in [-0.25, -0.2) is 0 Å². The first-order valence-electron chi connectivity index (χ1n) is 7.41. The molecule has 2 aliphatic heterocycles. The van der Waals surface area contributed by atoms with Gasteiger partial charge in [-0.15, -0.1) is 12.4 Å². The van der Waals surface area contributed by atoms with Crippen molar-refractivity contribution in [1.82, 2.24) is 15.1 Å². The van der Waals surface area contributed by atoms with Crippen molar-refractivity contribution >= 4 is 24.2 Å². The zero-order chi connectivity index (χ0) is 13.7. The van der Waals surface area contributed by atoms with Crippen LogP contribution in [-0.4, -0.2) is 61.4 Å². The van der Waals surface area contributed by atoms with Crippen LogP contribution in [0.15, 0.2) is 0 Å². The van der Waals surface area contributed by atoms with E-state index in [0.717, 1.165) is 58.3 Å². The molecule has 2 saturated heterocycles. The molecule has 0 saturated carbocycles. The van der Waals surface area contributed by atoms with E-state index in [-0.39, 0.29) is 18.3 Å². The summed E-state index contributed by atoms with van der Waals surface area (Å²) in [4.78, 5) is 27.5. The minimum absolute atomic E-state index is 0. The Kier molecular flexibility index (Phi) is 7.30. The highest BCUT2D eigenvalue weighted by Crippen LogP contribution is 2.21. The second-order valence-electron chi connectivity index (χ2n) is 5.65. The Morgan fingerprint density at radius 2 is 1.95 bits per heavy atom. The van der Waals surface area contributed by atoms with Crippen LogP contribution in [0.5, 0.6) is 0 Å². The van der Waals surface area contributed by atoms with Gasteiger partial charge in [0, 0.05) is 32.6 Å². The monoisotopic (exact) mass is 303 g/mol. The van der Waals surface area contributed by atoms with E-state index in [1.807, 2.05) is 9.80 Å². The Hall–Kier alpha value is -0.810. The molecule has 2 aliphatic rings. The Morgan fingerprint density at radius 1 is 1.25 bits per heavy atom. The van der Waals surface area contributed by atoms with E-state index in [4.69, 9.17) is 0 Å². The molecule has 0 radical (unpaired) electrons. The highest BCUT2D eigenvalue weighted by molar-refractivity contribution is 5.85. The summed E-state index contributed by atoms with van der Waals surface area (Å²) in [5.74, 6) is 1.08. The number of hydrogen-bond donors (Lipinski definition) is 1. The molecule has 0 unspecified atom stereocenters. The average Bonchev–Trinajstić information content (AvgIpc) is 2.42. The van der Waals surface area contributed by atoms with Gasteiger partial charge in [-0.2, -0.15) is 0 Å². The quantitative estimate of drug-likeness (QED) is 0.839. The van der Waals surface area contributed by atoms with Crippen molar-refractivity contribution < 1.29 is 9.59 Å². The molecule has 0 aliphatic carbocycles. The molecule has 0 aromatic heterocycles. The lowest BCUT2D eigenvalue weighted by Crippen LogP contribution is -2.45. The molecule has 116 valence electrons. The van der Waals surface area contributed by atoms with Crippen molar-refractivity contribution in [1.29, 1.82) is 0 Å². The molecule has 0 spiro atoms. The summed E-state index contributed by atoms with van der Waals surface area (Å²) in [6.07, 6.45) is 4.97. The zero-order valence-electron chi connectivity index (χ0n) is 12.3. The molecule has 2 rings (SSSR count). The summed E-state index contributed by atoms with van der Waals surface area (Å²) < 4.78 is 0. The van der Waals surface area contributed by atoms with Crippen LogP contribution in [0.25, 0.3) is 0 Å². The lowest BCUT2D eigenvalue weighted by molar-refractivity contribution is -0.135. The van der Waals surface area contributed by atoms with E-state index >= 15 is 0 Å². The van der Waals surface area contributed by atoms with E-state index in [9.17, 15) is 9.59 Å². The van der Waals surface area contributed by atoms with Crippen LogP contribution in [0.3, 0.4) is 0 Å². The molecule has 0 aromatic carbocycles. The second kappa shape index (κ2) is 8.47. The first-order chi connectivity index (χ1) is 9.20. The summed E-state index contributed by atoms with van der Waals surface area (Å²) in [6, 6.07) is 0. The zero-order valence-corrected chi connectivity index (χ0v) is 13.1. The number of likely N-dealkylation sites (tertiary alicyclic amines) is 2. The van der Waals surface area contributed by atoms with Crippen LogP contribution in [0, 0.1) is 5.92 Å². The largest absolute Gasteiger partial charge is 0.342 e. The minimum atomic E-state index is 0. The molecule has 1 N–H and O–H groups in total. The fraction of sp³-hybridized carbons (Fsp3) is 0.857. The number of halogens is 1. The maximum Gasteiger partial charge on any atom is 0.236 e. The van der Waals surface area contributed by atoms with Crippen molar-refractivity contribution in [3.63, 3.8) is 0 Å². The number of nitrogens with one attached hydrogen (secondary N) is 1. The summed E-state index contributed by atoms with van der Waals surface area (Å²) in [7, 11) is 1.80. The van der Waals surface area contributed by atoms with Crippen molar-refractivity contribution in [2.45, 2.75) is 32.1 Å². The SMILES string of the molecule is CNCC(=O)N1CCC(CN2CCCCC2=O)CC1.Cl. The molecule has 6 heteroatoms. The van der Waals surface area contributed by atoms with E-state index < -0.39 is 0 Å². The summed E-state index contributed by atoms with van der Waals surface area (Å²) >= 11 is 0. The van der Waals surface area contributed by atoms with E-state index in [2.05, 4.69) is 5.32 Å². The van der Waals surface area contributed by atoms with Crippen LogP contribution in [-0.2, 0) is 9.59 Å². The van der Waals surface area contributed by atoms with Gasteiger partial charge in [0.1, 0.15) is 0 Å². The predicted molar refractivity (Wildman–Crippen MR) is 80.9 cm³/mol. The first kappa shape index (κ1) is 17.2. The highest BCUT2D eigenvalue weighted by atomic mass is 35.5. The highest BCUT2D eigenvalue weighted by Gasteiger charge is 2.26. The third-order valence-corrected chi connectivity index (χ3v) is 4.20. The van der Waals surface area contributed by atoms with Gasteiger partial charge >= 0.3 is 0 Å². The Labute approximate surface area is 127 Å². The van der Waals surface area contributed by atoms with Crippen LogP contribution in [0.1, 0.15) is 32.1 Å².